The standard InChI is InChI=1S/C19H23N5OS/c1-11-9-12(2)22-19(21-11)24-7-5-15(6-8-24)17(25)23-18-16(10-20)13(3)14(4)26-18/h9,15H,5-8H2,1-4H3,(H,23,25). The summed E-state index contributed by atoms with van der Waals surface area (Å²) in [5.74, 6) is 0.702. The minimum atomic E-state index is -0.0496. The third kappa shape index (κ3) is 3.70. The Morgan fingerprint density at radius 2 is 1.85 bits per heavy atom. The van der Waals surface area contributed by atoms with Crippen molar-refractivity contribution < 1.29 is 4.79 Å². The zero-order chi connectivity index (χ0) is 18.8. The molecule has 26 heavy (non-hydrogen) atoms. The fourth-order valence-electron chi connectivity index (χ4n) is 3.25. The van der Waals surface area contributed by atoms with Gasteiger partial charge in [-0.05, 0) is 52.2 Å². The van der Waals surface area contributed by atoms with E-state index >= 15 is 0 Å². The van der Waals surface area contributed by atoms with Crippen molar-refractivity contribution in [3.05, 3.63) is 33.5 Å². The lowest BCUT2D eigenvalue weighted by atomic mass is 9.96. The highest BCUT2D eigenvalue weighted by atomic mass is 32.1. The smallest absolute Gasteiger partial charge is 0.228 e. The van der Waals surface area contributed by atoms with Crippen LogP contribution in [-0.2, 0) is 4.79 Å². The molecule has 0 saturated carbocycles. The minimum Gasteiger partial charge on any atom is -0.341 e. The van der Waals surface area contributed by atoms with Crippen LogP contribution in [0.4, 0.5) is 10.9 Å². The third-order valence-corrected chi connectivity index (χ3v) is 5.98. The van der Waals surface area contributed by atoms with Crippen LogP contribution in [-0.4, -0.2) is 29.0 Å². The second-order valence-corrected chi connectivity index (χ2v) is 8.03. The van der Waals surface area contributed by atoms with E-state index in [1.54, 1.807) is 0 Å². The van der Waals surface area contributed by atoms with E-state index in [1.165, 1.54) is 11.3 Å². The van der Waals surface area contributed by atoms with Crippen LogP contribution >= 0.6 is 11.3 Å². The first-order valence-electron chi connectivity index (χ1n) is 8.77. The van der Waals surface area contributed by atoms with Gasteiger partial charge in [0.1, 0.15) is 11.1 Å². The van der Waals surface area contributed by atoms with Gasteiger partial charge in [0.25, 0.3) is 0 Å². The number of hydrogen-bond acceptors (Lipinski definition) is 6. The number of nitrogens with zero attached hydrogens (tertiary/aromatic N) is 4. The molecule has 3 rings (SSSR count). The molecule has 1 fully saturated rings. The molecule has 0 unspecified atom stereocenters. The van der Waals surface area contributed by atoms with Gasteiger partial charge in [-0.25, -0.2) is 9.97 Å². The van der Waals surface area contributed by atoms with Gasteiger partial charge in [-0.15, -0.1) is 11.3 Å². The lowest BCUT2D eigenvalue weighted by molar-refractivity contribution is -0.120. The number of carbonyl (C=O) groups is 1. The van der Waals surface area contributed by atoms with Crippen LogP contribution in [0.1, 0.15) is 40.2 Å². The van der Waals surface area contributed by atoms with E-state index in [1.807, 2.05) is 33.8 Å². The van der Waals surface area contributed by atoms with E-state index in [9.17, 15) is 10.1 Å². The molecule has 2 aromatic rings. The van der Waals surface area contributed by atoms with Gasteiger partial charge in [0.15, 0.2) is 0 Å². The SMILES string of the molecule is Cc1cc(C)nc(N2CCC(C(=O)Nc3sc(C)c(C)c3C#N)CC2)n1. The summed E-state index contributed by atoms with van der Waals surface area (Å²) in [5, 5.41) is 13.0. The topological polar surface area (TPSA) is 81.9 Å². The quantitative estimate of drug-likeness (QED) is 0.895. The number of rotatable bonds is 3. The van der Waals surface area contributed by atoms with E-state index in [2.05, 4.69) is 26.3 Å². The van der Waals surface area contributed by atoms with Gasteiger partial charge in [0.2, 0.25) is 11.9 Å². The summed E-state index contributed by atoms with van der Waals surface area (Å²) in [5.41, 5.74) is 3.45. The maximum Gasteiger partial charge on any atom is 0.228 e. The van der Waals surface area contributed by atoms with Crippen molar-refractivity contribution in [1.29, 1.82) is 5.26 Å². The number of aromatic nitrogens is 2. The average molecular weight is 369 g/mol. The summed E-state index contributed by atoms with van der Waals surface area (Å²) >= 11 is 1.47. The van der Waals surface area contributed by atoms with Crippen LogP contribution in [0.25, 0.3) is 0 Å². The minimum absolute atomic E-state index is 0.00346. The predicted octanol–water partition coefficient (Wildman–Crippen LogP) is 3.50. The summed E-state index contributed by atoms with van der Waals surface area (Å²) in [6.45, 7) is 9.34. The highest BCUT2D eigenvalue weighted by Gasteiger charge is 2.27. The lowest BCUT2D eigenvalue weighted by Crippen LogP contribution is -2.39. The number of carbonyl (C=O) groups excluding carboxylic acids is 1. The number of hydrogen-bond donors (Lipinski definition) is 1. The maximum absolute atomic E-state index is 12.6. The fourth-order valence-corrected chi connectivity index (χ4v) is 4.27. The van der Waals surface area contributed by atoms with E-state index in [0.29, 0.717) is 10.6 Å². The number of nitrogens with one attached hydrogen (secondary N) is 1. The fraction of sp³-hybridized carbons (Fsp3) is 0.474. The Hall–Kier alpha value is -2.46. The molecule has 3 heterocycles. The lowest BCUT2D eigenvalue weighted by Gasteiger charge is -2.31. The van der Waals surface area contributed by atoms with E-state index in [0.717, 1.165) is 53.7 Å². The first kappa shape index (κ1) is 18.3. The highest BCUT2D eigenvalue weighted by molar-refractivity contribution is 7.16. The molecular formula is C19H23N5OS. The summed E-state index contributed by atoms with van der Waals surface area (Å²) in [6.07, 6.45) is 1.51. The first-order chi connectivity index (χ1) is 12.4. The molecule has 1 aliphatic heterocycles. The van der Waals surface area contributed by atoms with Crippen LogP contribution in [0.3, 0.4) is 0 Å². The van der Waals surface area contributed by atoms with Crippen molar-refractivity contribution in [3.8, 4) is 6.07 Å². The Morgan fingerprint density at radius 1 is 1.23 bits per heavy atom. The summed E-state index contributed by atoms with van der Waals surface area (Å²) in [4.78, 5) is 24.9. The Bertz CT molecular complexity index is 855. The molecule has 1 aliphatic rings. The van der Waals surface area contributed by atoms with Crippen LogP contribution in [0.15, 0.2) is 6.07 Å². The number of nitriles is 1. The molecule has 1 saturated heterocycles. The molecule has 0 atom stereocenters. The van der Waals surface area contributed by atoms with Crippen LogP contribution < -0.4 is 10.2 Å². The van der Waals surface area contributed by atoms with Crippen molar-refractivity contribution in [1.82, 2.24) is 9.97 Å². The molecule has 0 radical (unpaired) electrons. The Balaban J connectivity index is 1.64. The normalized spacial score (nSPS) is 15.0. The van der Waals surface area contributed by atoms with Gasteiger partial charge in [0, 0.05) is 35.3 Å². The molecule has 6 nitrogen and oxygen atoms in total. The van der Waals surface area contributed by atoms with E-state index < -0.39 is 0 Å². The molecule has 1 N–H and O–H groups in total. The number of thiophene rings is 1. The number of amides is 1. The van der Waals surface area contributed by atoms with Crippen molar-refractivity contribution in [3.63, 3.8) is 0 Å². The van der Waals surface area contributed by atoms with Crippen molar-refractivity contribution in [2.45, 2.75) is 40.5 Å². The third-order valence-electron chi connectivity index (χ3n) is 4.85. The molecule has 0 aliphatic carbocycles. The molecular weight excluding hydrogens is 346 g/mol. The van der Waals surface area contributed by atoms with Crippen LogP contribution in [0.2, 0.25) is 0 Å². The van der Waals surface area contributed by atoms with Crippen molar-refractivity contribution in [2.75, 3.05) is 23.3 Å². The van der Waals surface area contributed by atoms with Crippen molar-refractivity contribution >= 4 is 28.2 Å². The Labute approximate surface area is 157 Å². The molecule has 0 aromatic carbocycles. The van der Waals surface area contributed by atoms with Crippen LogP contribution in [0, 0.1) is 44.9 Å². The number of piperidine rings is 1. The van der Waals surface area contributed by atoms with Gasteiger partial charge < -0.3 is 10.2 Å². The molecule has 2 aromatic heterocycles. The summed E-state index contributed by atoms with van der Waals surface area (Å²) in [6, 6.07) is 4.16. The van der Waals surface area contributed by atoms with E-state index in [-0.39, 0.29) is 11.8 Å². The highest BCUT2D eigenvalue weighted by Crippen LogP contribution is 2.32. The maximum atomic E-state index is 12.6. The summed E-state index contributed by atoms with van der Waals surface area (Å²) < 4.78 is 0. The zero-order valence-corrected chi connectivity index (χ0v) is 16.4. The van der Waals surface area contributed by atoms with Gasteiger partial charge in [-0.3, -0.25) is 4.79 Å². The van der Waals surface area contributed by atoms with Crippen LogP contribution in [0.5, 0.6) is 0 Å². The molecule has 1 amide bonds. The number of anilines is 2. The monoisotopic (exact) mass is 369 g/mol. The number of aryl methyl sites for hydroxylation is 3. The molecule has 136 valence electrons. The second kappa shape index (κ2) is 7.42. The van der Waals surface area contributed by atoms with Gasteiger partial charge >= 0.3 is 0 Å². The largest absolute Gasteiger partial charge is 0.341 e. The average Bonchev–Trinajstić information content (AvgIpc) is 2.87. The Kier molecular flexibility index (Phi) is 5.23. The molecule has 0 spiro atoms. The zero-order valence-electron chi connectivity index (χ0n) is 15.6. The van der Waals surface area contributed by atoms with Gasteiger partial charge in [-0.2, -0.15) is 5.26 Å². The second-order valence-electron chi connectivity index (χ2n) is 6.80. The van der Waals surface area contributed by atoms with E-state index in [4.69, 9.17) is 0 Å². The van der Waals surface area contributed by atoms with Gasteiger partial charge in [-0.1, -0.05) is 0 Å². The van der Waals surface area contributed by atoms with Gasteiger partial charge in [0.05, 0.1) is 5.56 Å². The summed E-state index contributed by atoms with van der Waals surface area (Å²) in [7, 11) is 0. The van der Waals surface area contributed by atoms with Crippen molar-refractivity contribution in [2.24, 2.45) is 5.92 Å². The molecule has 7 heteroatoms. The predicted molar refractivity (Wildman–Crippen MR) is 104 cm³/mol. The first-order valence-corrected chi connectivity index (χ1v) is 9.59. The Morgan fingerprint density at radius 3 is 2.42 bits per heavy atom. The molecule has 0 bridgehead atoms.